The van der Waals surface area contributed by atoms with E-state index in [0.29, 0.717) is 6.54 Å². The molecule has 0 spiro atoms. The van der Waals surface area contributed by atoms with Crippen molar-refractivity contribution in [1.29, 1.82) is 0 Å². The molecule has 0 radical (unpaired) electrons. The number of furan rings is 1. The van der Waals surface area contributed by atoms with Gasteiger partial charge in [-0.25, -0.2) is 0 Å². The average Bonchev–Trinajstić information content (AvgIpc) is 3.13. The van der Waals surface area contributed by atoms with Crippen LogP contribution in [0.25, 0.3) is 0 Å². The monoisotopic (exact) mass is 341 g/mol. The van der Waals surface area contributed by atoms with Gasteiger partial charge in [-0.2, -0.15) is 0 Å². The molecule has 1 aliphatic rings. The van der Waals surface area contributed by atoms with Crippen LogP contribution in [0.4, 0.5) is 0 Å². The first-order valence-electron chi connectivity index (χ1n) is 8.94. The van der Waals surface area contributed by atoms with Gasteiger partial charge in [-0.05, 0) is 37.1 Å². The summed E-state index contributed by atoms with van der Waals surface area (Å²) in [5, 5.41) is 3.00. The molecular weight excluding hydrogens is 314 g/mol. The third-order valence-electron chi connectivity index (χ3n) is 4.83. The van der Waals surface area contributed by atoms with Crippen LogP contribution >= 0.6 is 0 Å². The molecule has 25 heavy (non-hydrogen) atoms. The van der Waals surface area contributed by atoms with Crippen LogP contribution in [0, 0.1) is 6.92 Å². The van der Waals surface area contributed by atoms with E-state index in [0.717, 1.165) is 38.5 Å². The number of nitrogens with one attached hydrogen (secondary N) is 1. The van der Waals surface area contributed by atoms with Crippen LogP contribution in [0.3, 0.4) is 0 Å². The molecule has 1 saturated heterocycles. The summed E-state index contributed by atoms with van der Waals surface area (Å²) < 4.78 is 5.33. The van der Waals surface area contributed by atoms with E-state index in [1.807, 2.05) is 19.1 Å². The summed E-state index contributed by atoms with van der Waals surface area (Å²) in [7, 11) is 0. The first-order valence-corrected chi connectivity index (χ1v) is 8.94. The van der Waals surface area contributed by atoms with Crippen LogP contribution in [0.15, 0.2) is 47.1 Å². The predicted octanol–water partition coefficient (Wildman–Crippen LogP) is 2.58. The third-order valence-corrected chi connectivity index (χ3v) is 4.83. The third kappa shape index (κ3) is 4.94. The minimum atomic E-state index is -0.0927. The van der Waals surface area contributed by atoms with E-state index in [1.54, 1.807) is 6.26 Å². The van der Waals surface area contributed by atoms with E-state index >= 15 is 0 Å². The molecule has 1 N–H and O–H groups in total. The van der Waals surface area contributed by atoms with Gasteiger partial charge in [-0.3, -0.25) is 14.6 Å². The van der Waals surface area contributed by atoms with Crippen molar-refractivity contribution < 1.29 is 9.21 Å². The Morgan fingerprint density at radius 3 is 2.52 bits per heavy atom. The summed E-state index contributed by atoms with van der Waals surface area (Å²) in [6.45, 7) is 9.38. The Hall–Kier alpha value is -2.11. The maximum Gasteiger partial charge on any atom is 0.234 e. The van der Waals surface area contributed by atoms with E-state index < -0.39 is 0 Å². The number of aryl methyl sites for hydroxylation is 1. The lowest BCUT2D eigenvalue weighted by atomic mass is 10.1. The van der Waals surface area contributed by atoms with Crippen molar-refractivity contribution in [3.63, 3.8) is 0 Å². The zero-order valence-electron chi connectivity index (χ0n) is 15.1. The van der Waals surface area contributed by atoms with Gasteiger partial charge in [0.1, 0.15) is 5.76 Å². The lowest BCUT2D eigenvalue weighted by Gasteiger charge is -2.34. The molecule has 1 amide bonds. The largest absolute Gasteiger partial charge is 0.467 e. The Labute approximate surface area is 149 Å². The highest BCUT2D eigenvalue weighted by Gasteiger charge is 2.20. The summed E-state index contributed by atoms with van der Waals surface area (Å²) in [5.74, 6) is 0.840. The Balaban J connectivity index is 1.41. The van der Waals surface area contributed by atoms with Gasteiger partial charge >= 0.3 is 0 Å². The number of hydrogen-bond donors (Lipinski definition) is 1. The second-order valence-electron chi connectivity index (χ2n) is 6.78. The number of benzene rings is 1. The van der Waals surface area contributed by atoms with Crippen LogP contribution in [0.1, 0.15) is 29.9 Å². The van der Waals surface area contributed by atoms with Gasteiger partial charge in [-0.15, -0.1) is 0 Å². The number of hydrogen-bond acceptors (Lipinski definition) is 4. The first kappa shape index (κ1) is 17.7. The molecule has 1 aliphatic heterocycles. The van der Waals surface area contributed by atoms with Crippen molar-refractivity contribution >= 4 is 5.91 Å². The van der Waals surface area contributed by atoms with Gasteiger partial charge in [0.05, 0.1) is 18.8 Å². The van der Waals surface area contributed by atoms with Crippen LogP contribution in [0.2, 0.25) is 0 Å². The normalized spacial score (nSPS) is 17.4. The van der Waals surface area contributed by atoms with E-state index in [4.69, 9.17) is 4.42 Å². The Morgan fingerprint density at radius 1 is 1.12 bits per heavy atom. The fraction of sp³-hybridized carbons (Fsp3) is 0.450. The van der Waals surface area contributed by atoms with Gasteiger partial charge < -0.3 is 9.73 Å². The first-order chi connectivity index (χ1) is 12.1. The number of rotatable bonds is 6. The maximum atomic E-state index is 12.2. The molecule has 2 aromatic rings. The van der Waals surface area contributed by atoms with Gasteiger partial charge in [0, 0.05) is 32.7 Å². The van der Waals surface area contributed by atoms with Crippen LogP contribution in [0.5, 0.6) is 0 Å². The number of amides is 1. The summed E-state index contributed by atoms with van der Waals surface area (Å²) >= 11 is 0. The molecule has 0 aliphatic carbocycles. The topological polar surface area (TPSA) is 48.7 Å². The fourth-order valence-corrected chi connectivity index (χ4v) is 3.23. The van der Waals surface area contributed by atoms with Gasteiger partial charge in [-0.1, -0.05) is 24.3 Å². The predicted molar refractivity (Wildman–Crippen MR) is 98.2 cm³/mol. The molecule has 1 aromatic heterocycles. The summed E-state index contributed by atoms with van der Waals surface area (Å²) in [4.78, 5) is 16.9. The highest BCUT2D eigenvalue weighted by Crippen LogP contribution is 2.14. The number of carbonyl (C=O) groups is 1. The van der Waals surface area contributed by atoms with E-state index in [2.05, 4.69) is 46.3 Å². The van der Waals surface area contributed by atoms with Crippen molar-refractivity contribution in [3.8, 4) is 0 Å². The Kier molecular flexibility index (Phi) is 5.89. The average molecular weight is 341 g/mol. The van der Waals surface area contributed by atoms with Gasteiger partial charge in [0.15, 0.2) is 0 Å². The summed E-state index contributed by atoms with van der Waals surface area (Å²) in [5.41, 5.74) is 2.73. The fourth-order valence-electron chi connectivity index (χ4n) is 3.23. The number of piperazine rings is 1. The number of nitrogens with zero attached hydrogens (tertiary/aromatic N) is 2. The SMILES string of the molecule is Cc1ccccc1CN1CCN(CC(=O)N[C@@H](C)c2ccco2)CC1. The molecule has 3 rings (SSSR count). The van der Waals surface area contributed by atoms with Crippen LogP contribution in [-0.2, 0) is 11.3 Å². The highest BCUT2D eigenvalue weighted by molar-refractivity contribution is 5.78. The van der Waals surface area contributed by atoms with Gasteiger partial charge in [0.25, 0.3) is 0 Å². The zero-order chi connectivity index (χ0) is 17.6. The maximum absolute atomic E-state index is 12.2. The quantitative estimate of drug-likeness (QED) is 0.877. The standard InChI is InChI=1S/C20H27N3O2/c1-16-6-3-4-7-18(16)14-22-9-11-23(12-10-22)15-20(24)21-17(2)19-8-5-13-25-19/h3-8,13,17H,9-12,14-15H2,1-2H3,(H,21,24)/t17-/m0/s1. The number of carbonyl (C=O) groups excluding carboxylic acids is 1. The second kappa shape index (κ2) is 8.32. The lowest BCUT2D eigenvalue weighted by Crippen LogP contribution is -2.49. The van der Waals surface area contributed by atoms with Crippen molar-refractivity contribution in [2.24, 2.45) is 0 Å². The van der Waals surface area contributed by atoms with E-state index in [-0.39, 0.29) is 11.9 Å². The van der Waals surface area contributed by atoms with Crippen molar-refractivity contribution in [2.75, 3.05) is 32.7 Å². The summed E-state index contributed by atoms with van der Waals surface area (Å²) in [6, 6.07) is 12.2. The molecule has 5 nitrogen and oxygen atoms in total. The summed E-state index contributed by atoms with van der Waals surface area (Å²) in [6.07, 6.45) is 1.63. The lowest BCUT2D eigenvalue weighted by molar-refractivity contribution is -0.123. The van der Waals surface area contributed by atoms with E-state index in [1.165, 1.54) is 11.1 Å². The van der Waals surface area contributed by atoms with Crippen LogP contribution in [-0.4, -0.2) is 48.4 Å². The molecule has 2 heterocycles. The van der Waals surface area contributed by atoms with Crippen molar-refractivity contribution in [2.45, 2.75) is 26.4 Å². The zero-order valence-corrected chi connectivity index (χ0v) is 15.1. The van der Waals surface area contributed by atoms with Crippen LogP contribution < -0.4 is 5.32 Å². The second-order valence-corrected chi connectivity index (χ2v) is 6.78. The molecule has 1 atom stereocenters. The molecular formula is C20H27N3O2. The van der Waals surface area contributed by atoms with E-state index in [9.17, 15) is 4.79 Å². The minimum absolute atomic E-state index is 0.0521. The molecule has 0 unspecified atom stereocenters. The Morgan fingerprint density at radius 2 is 1.84 bits per heavy atom. The molecule has 0 saturated carbocycles. The molecule has 1 fully saturated rings. The molecule has 5 heteroatoms. The van der Waals surface area contributed by atoms with Crippen molar-refractivity contribution in [1.82, 2.24) is 15.1 Å². The minimum Gasteiger partial charge on any atom is -0.467 e. The van der Waals surface area contributed by atoms with Crippen molar-refractivity contribution in [3.05, 3.63) is 59.5 Å². The smallest absolute Gasteiger partial charge is 0.234 e. The molecule has 134 valence electrons. The highest BCUT2D eigenvalue weighted by atomic mass is 16.3. The Bertz CT molecular complexity index is 676. The van der Waals surface area contributed by atoms with Gasteiger partial charge in [0.2, 0.25) is 5.91 Å². The molecule has 1 aromatic carbocycles. The molecule has 0 bridgehead atoms.